The molecule has 1 heterocycles. The predicted molar refractivity (Wildman–Crippen MR) is 56.0 cm³/mol. The Morgan fingerprint density at radius 2 is 2.25 bits per heavy atom. The molecule has 0 bridgehead atoms. The highest BCUT2D eigenvalue weighted by atomic mass is 19.1. The number of rotatable bonds is 2. The number of hydrogen-bond acceptors (Lipinski definition) is 2. The van der Waals surface area contributed by atoms with Crippen molar-refractivity contribution >= 4 is 11.6 Å². The molecule has 0 spiro atoms. The van der Waals surface area contributed by atoms with E-state index >= 15 is 0 Å². The van der Waals surface area contributed by atoms with Gasteiger partial charge in [-0.2, -0.15) is 0 Å². The molecule has 16 heavy (non-hydrogen) atoms. The molecule has 2 N–H and O–H groups in total. The number of halogens is 2. The van der Waals surface area contributed by atoms with Crippen LogP contribution < -0.4 is 10.6 Å². The summed E-state index contributed by atoms with van der Waals surface area (Å²) in [6, 6.07) is 2.68. The minimum Gasteiger partial charge on any atom is -0.322 e. The molecule has 1 aliphatic heterocycles. The Morgan fingerprint density at radius 3 is 2.94 bits per heavy atom. The first kappa shape index (κ1) is 11.0. The van der Waals surface area contributed by atoms with E-state index in [0.717, 1.165) is 37.6 Å². The Hall–Kier alpha value is -1.49. The van der Waals surface area contributed by atoms with Crippen molar-refractivity contribution in [2.45, 2.75) is 18.9 Å². The Labute approximate surface area is 91.8 Å². The maximum atomic E-state index is 13.2. The topological polar surface area (TPSA) is 41.1 Å². The summed E-state index contributed by atoms with van der Waals surface area (Å²) in [6.07, 6.45) is 1.65. The minimum atomic E-state index is -0.632. The number of nitrogens with one attached hydrogen (secondary N) is 2. The molecule has 5 heteroatoms. The number of benzene rings is 1. The van der Waals surface area contributed by atoms with Gasteiger partial charge in [0.2, 0.25) is 5.91 Å². The molecule has 3 nitrogen and oxygen atoms in total. The molecule has 0 radical (unpaired) electrons. The van der Waals surface area contributed by atoms with Crippen LogP contribution >= 0.6 is 0 Å². The number of amides is 1. The summed E-state index contributed by atoms with van der Waals surface area (Å²) in [6.45, 7) is 0.781. The third-order valence-corrected chi connectivity index (χ3v) is 2.56. The maximum Gasteiger partial charge on any atom is 0.241 e. The van der Waals surface area contributed by atoms with Crippen LogP contribution in [0.4, 0.5) is 14.5 Å². The van der Waals surface area contributed by atoms with Crippen molar-refractivity contribution < 1.29 is 13.6 Å². The van der Waals surface area contributed by atoms with Gasteiger partial charge < -0.3 is 10.6 Å². The summed E-state index contributed by atoms with van der Waals surface area (Å²) in [5.41, 5.74) is -0.112. The van der Waals surface area contributed by atoms with Crippen molar-refractivity contribution in [3.05, 3.63) is 29.8 Å². The summed E-state index contributed by atoms with van der Waals surface area (Å²) in [7, 11) is 0. The van der Waals surface area contributed by atoms with Gasteiger partial charge in [0.15, 0.2) is 0 Å². The third kappa shape index (κ3) is 2.36. The van der Waals surface area contributed by atoms with Crippen LogP contribution in [0.1, 0.15) is 12.8 Å². The van der Waals surface area contributed by atoms with E-state index in [-0.39, 0.29) is 17.6 Å². The van der Waals surface area contributed by atoms with Crippen LogP contribution in [-0.2, 0) is 4.79 Å². The van der Waals surface area contributed by atoms with E-state index in [1.165, 1.54) is 0 Å². The summed E-state index contributed by atoms with van der Waals surface area (Å²) >= 11 is 0. The normalized spacial score (nSPS) is 19.8. The van der Waals surface area contributed by atoms with Crippen LogP contribution in [0.3, 0.4) is 0 Å². The standard InChI is InChI=1S/C11H12F2N2O/c12-7-3-4-8(13)10(6-7)15-11(16)9-2-1-5-14-9/h3-4,6,9,14H,1-2,5H2,(H,15,16)/t9-/m1/s1. The molecule has 2 rings (SSSR count). The largest absolute Gasteiger partial charge is 0.322 e. The minimum absolute atomic E-state index is 0.112. The van der Waals surface area contributed by atoms with E-state index in [4.69, 9.17) is 0 Å². The van der Waals surface area contributed by atoms with E-state index in [9.17, 15) is 13.6 Å². The first-order valence-electron chi connectivity index (χ1n) is 5.16. The Morgan fingerprint density at radius 1 is 1.44 bits per heavy atom. The molecule has 1 aliphatic rings. The van der Waals surface area contributed by atoms with Gasteiger partial charge in [0.25, 0.3) is 0 Å². The Balaban J connectivity index is 2.07. The van der Waals surface area contributed by atoms with Crippen LogP contribution in [0, 0.1) is 11.6 Å². The smallest absolute Gasteiger partial charge is 0.241 e. The van der Waals surface area contributed by atoms with Gasteiger partial charge in [0.1, 0.15) is 11.6 Å². The molecule has 86 valence electrons. The summed E-state index contributed by atoms with van der Waals surface area (Å²) in [5, 5.41) is 5.36. The average Bonchev–Trinajstić information content (AvgIpc) is 2.76. The molecule has 1 atom stereocenters. The van der Waals surface area contributed by atoms with Gasteiger partial charge in [0.05, 0.1) is 11.7 Å². The second-order valence-corrected chi connectivity index (χ2v) is 3.76. The van der Waals surface area contributed by atoms with Gasteiger partial charge in [-0.3, -0.25) is 4.79 Å². The van der Waals surface area contributed by atoms with E-state index in [0.29, 0.717) is 0 Å². The highest BCUT2D eigenvalue weighted by molar-refractivity contribution is 5.95. The quantitative estimate of drug-likeness (QED) is 0.805. The van der Waals surface area contributed by atoms with Crippen LogP contribution in [0.25, 0.3) is 0 Å². The second kappa shape index (κ2) is 4.57. The first-order valence-corrected chi connectivity index (χ1v) is 5.16. The first-order chi connectivity index (χ1) is 7.66. The number of carbonyl (C=O) groups is 1. The molecule has 0 unspecified atom stereocenters. The van der Waals surface area contributed by atoms with Gasteiger partial charge in [-0.15, -0.1) is 0 Å². The molecular formula is C11H12F2N2O. The third-order valence-electron chi connectivity index (χ3n) is 2.56. The number of hydrogen-bond donors (Lipinski definition) is 2. The molecule has 0 saturated carbocycles. The van der Waals surface area contributed by atoms with Crippen molar-refractivity contribution in [2.24, 2.45) is 0 Å². The van der Waals surface area contributed by atoms with Gasteiger partial charge >= 0.3 is 0 Å². The lowest BCUT2D eigenvalue weighted by Crippen LogP contribution is -2.35. The van der Waals surface area contributed by atoms with E-state index < -0.39 is 11.6 Å². The summed E-state index contributed by atoms with van der Waals surface area (Å²) < 4.78 is 26.1. The van der Waals surface area contributed by atoms with Crippen molar-refractivity contribution in [2.75, 3.05) is 11.9 Å². The molecule has 1 aromatic carbocycles. The molecule has 1 amide bonds. The summed E-state index contributed by atoms with van der Waals surface area (Å²) in [5.74, 6) is -1.52. The second-order valence-electron chi connectivity index (χ2n) is 3.76. The van der Waals surface area contributed by atoms with Gasteiger partial charge in [0, 0.05) is 6.07 Å². The number of anilines is 1. The van der Waals surface area contributed by atoms with Gasteiger partial charge in [-0.25, -0.2) is 8.78 Å². The van der Waals surface area contributed by atoms with E-state index in [1.54, 1.807) is 0 Å². The van der Waals surface area contributed by atoms with Crippen molar-refractivity contribution in [1.82, 2.24) is 5.32 Å². The fraction of sp³-hybridized carbons (Fsp3) is 0.364. The zero-order valence-corrected chi connectivity index (χ0v) is 8.59. The molecule has 0 aliphatic carbocycles. The lowest BCUT2D eigenvalue weighted by Gasteiger charge is -2.11. The van der Waals surface area contributed by atoms with Crippen molar-refractivity contribution in [1.29, 1.82) is 0 Å². The highest BCUT2D eigenvalue weighted by Crippen LogP contribution is 2.16. The molecule has 1 aromatic rings. The Bertz CT molecular complexity index is 403. The molecule has 1 fully saturated rings. The maximum absolute atomic E-state index is 13.2. The lowest BCUT2D eigenvalue weighted by atomic mass is 10.2. The van der Waals surface area contributed by atoms with Crippen molar-refractivity contribution in [3.63, 3.8) is 0 Å². The van der Waals surface area contributed by atoms with Crippen LogP contribution in [0.2, 0.25) is 0 Å². The number of carbonyl (C=O) groups excluding carboxylic acids is 1. The molecule has 0 aromatic heterocycles. The van der Waals surface area contributed by atoms with E-state index in [2.05, 4.69) is 10.6 Å². The average molecular weight is 226 g/mol. The fourth-order valence-corrected chi connectivity index (χ4v) is 1.72. The fourth-order valence-electron chi connectivity index (χ4n) is 1.72. The SMILES string of the molecule is O=C(Nc1cc(F)ccc1F)[C@H]1CCCN1. The van der Waals surface area contributed by atoms with Gasteiger partial charge in [-0.05, 0) is 31.5 Å². The lowest BCUT2D eigenvalue weighted by molar-refractivity contribution is -0.117. The van der Waals surface area contributed by atoms with Crippen LogP contribution in [0.15, 0.2) is 18.2 Å². The monoisotopic (exact) mass is 226 g/mol. The zero-order valence-electron chi connectivity index (χ0n) is 8.59. The van der Waals surface area contributed by atoms with Crippen LogP contribution in [-0.4, -0.2) is 18.5 Å². The zero-order chi connectivity index (χ0) is 11.5. The predicted octanol–water partition coefficient (Wildman–Crippen LogP) is 1.66. The summed E-state index contributed by atoms with van der Waals surface area (Å²) in [4.78, 5) is 11.6. The molecular weight excluding hydrogens is 214 g/mol. The molecule has 1 saturated heterocycles. The highest BCUT2D eigenvalue weighted by Gasteiger charge is 2.22. The Kier molecular flexibility index (Phi) is 3.14. The van der Waals surface area contributed by atoms with Gasteiger partial charge in [-0.1, -0.05) is 0 Å². The van der Waals surface area contributed by atoms with E-state index in [1.807, 2.05) is 0 Å². The van der Waals surface area contributed by atoms with Crippen molar-refractivity contribution in [3.8, 4) is 0 Å². The van der Waals surface area contributed by atoms with Crippen LogP contribution in [0.5, 0.6) is 0 Å².